The zero-order valence-electron chi connectivity index (χ0n) is 11.7. The number of hydrogen-bond donors (Lipinski definition) is 1. The molecule has 1 amide bonds. The molecule has 0 bridgehead atoms. The Kier molecular flexibility index (Phi) is 4.54. The van der Waals surface area contributed by atoms with Crippen LogP contribution in [0.1, 0.15) is 19.7 Å². The van der Waals surface area contributed by atoms with Crippen molar-refractivity contribution in [1.29, 1.82) is 0 Å². The maximum absolute atomic E-state index is 11.9. The van der Waals surface area contributed by atoms with Gasteiger partial charge in [-0.1, -0.05) is 29.8 Å². The van der Waals surface area contributed by atoms with Gasteiger partial charge < -0.3 is 5.32 Å². The number of nitrogens with zero attached hydrogens (tertiary/aromatic N) is 3. The molecule has 1 atom stereocenters. The van der Waals surface area contributed by atoms with Crippen molar-refractivity contribution in [1.82, 2.24) is 14.5 Å². The van der Waals surface area contributed by atoms with Gasteiger partial charge in [-0.05, 0) is 25.0 Å². The van der Waals surface area contributed by atoms with Gasteiger partial charge >= 0.3 is 0 Å². The topological polar surface area (TPSA) is 59.8 Å². The van der Waals surface area contributed by atoms with Crippen molar-refractivity contribution in [3.8, 4) is 5.82 Å². The number of imidazole rings is 1. The minimum atomic E-state index is -0.210. The van der Waals surface area contributed by atoms with Crippen molar-refractivity contribution in [2.75, 3.05) is 5.32 Å². The van der Waals surface area contributed by atoms with Crippen LogP contribution in [-0.4, -0.2) is 25.3 Å². The molecule has 2 rings (SSSR count). The van der Waals surface area contributed by atoms with Gasteiger partial charge in [0.15, 0.2) is 0 Å². The fraction of sp³-hybridized carbons (Fsp3) is 0.357. The van der Waals surface area contributed by atoms with Crippen LogP contribution < -0.4 is 5.32 Å². The second-order valence-electron chi connectivity index (χ2n) is 4.88. The molecule has 0 spiro atoms. The Bertz CT molecular complexity index is 591. The fourth-order valence-corrected chi connectivity index (χ4v) is 1.85. The van der Waals surface area contributed by atoms with Crippen LogP contribution in [0.3, 0.4) is 0 Å². The molecule has 0 fully saturated rings. The van der Waals surface area contributed by atoms with Gasteiger partial charge in [-0.25, -0.2) is 9.97 Å². The van der Waals surface area contributed by atoms with Crippen molar-refractivity contribution in [3.63, 3.8) is 0 Å². The lowest BCUT2D eigenvalue weighted by Gasteiger charge is -2.13. The van der Waals surface area contributed by atoms with Gasteiger partial charge in [0.25, 0.3) is 0 Å². The summed E-state index contributed by atoms with van der Waals surface area (Å²) in [7, 11) is 0. The first-order chi connectivity index (χ1) is 9.49. The van der Waals surface area contributed by atoms with Gasteiger partial charge in [-0.2, -0.15) is 0 Å². The third kappa shape index (κ3) is 3.25. The number of nitrogens with one attached hydrogen (secondary N) is 1. The molecule has 1 N–H and O–H groups in total. The molecule has 1 unspecified atom stereocenters. The van der Waals surface area contributed by atoms with Gasteiger partial charge in [0.2, 0.25) is 5.91 Å². The van der Waals surface area contributed by atoms with E-state index in [1.54, 1.807) is 12.4 Å². The van der Waals surface area contributed by atoms with Crippen LogP contribution in [-0.2, 0) is 4.79 Å². The third-order valence-electron chi connectivity index (χ3n) is 2.92. The van der Waals surface area contributed by atoms with Gasteiger partial charge in [0, 0.05) is 12.4 Å². The highest BCUT2D eigenvalue weighted by molar-refractivity contribution is 9.10. The second kappa shape index (κ2) is 6.17. The van der Waals surface area contributed by atoms with Gasteiger partial charge in [-0.15, -0.1) is 0 Å². The number of rotatable bonds is 4. The predicted octanol–water partition coefficient (Wildman–Crippen LogP) is 2.93. The minimum Gasteiger partial charge on any atom is -0.324 e. The van der Waals surface area contributed by atoms with E-state index in [2.05, 4.69) is 31.2 Å². The number of aryl methyl sites for hydroxylation is 1. The standard InChI is InChI=1S/C14H17BrN4O/c1-9(2)13(15)14(20)18-11-4-5-12(17-8-11)19-7-6-16-10(19)3/h4-9,13H,1-3H3,(H,18,20). The molecular formula is C14H17BrN4O. The third-order valence-corrected chi connectivity index (χ3v) is 4.40. The number of anilines is 1. The van der Waals surface area contributed by atoms with E-state index in [-0.39, 0.29) is 16.7 Å². The zero-order valence-corrected chi connectivity index (χ0v) is 13.3. The van der Waals surface area contributed by atoms with E-state index in [0.29, 0.717) is 5.69 Å². The van der Waals surface area contributed by atoms with Gasteiger partial charge in [0.05, 0.1) is 16.7 Å². The Morgan fingerprint density at radius 1 is 1.35 bits per heavy atom. The van der Waals surface area contributed by atoms with Crippen LogP contribution in [0.25, 0.3) is 5.82 Å². The zero-order chi connectivity index (χ0) is 14.7. The lowest BCUT2D eigenvalue weighted by atomic mass is 10.1. The Morgan fingerprint density at radius 2 is 2.10 bits per heavy atom. The highest BCUT2D eigenvalue weighted by Gasteiger charge is 2.18. The lowest BCUT2D eigenvalue weighted by molar-refractivity contribution is -0.116. The van der Waals surface area contributed by atoms with E-state index in [4.69, 9.17) is 0 Å². The first kappa shape index (κ1) is 14.7. The Balaban J connectivity index is 2.10. The highest BCUT2D eigenvalue weighted by atomic mass is 79.9. The summed E-state index contributed by atoms with van der Waals surface area (Å²) in [6.45, 7) is 5.89. The highest BCUT2D eigenvalue weighted by Crippen LogP contribution is 2.16. The molecule has 2 aromatic heterocycles. The van der Waals surface area contributed by atoms with Crippen LogP contribution in [0.15, 0.2) is 30.7 Å². The molecule has 0 saturated heterocycles. The van der Waals surface area contributed by atoms with E-state index < -0.39 is 0 Å². The molecule has 2 heterocycles. The molecule has 0 aliphatic heterocycles. The Hall–Kier alpha value is -1.69. The summed E-state index contributed by atoms with van der Waals surface area (Å²) in [6, 6.07) is 3.68. The first-order valence-electron chi connectivity index (χ1n) is 6.40. The number of alkyl halides is 1. The molecular weight excluding hydrogens is 320 g/mol. The van der Waals surface area contributed by atoms with E-state index in [0.717, 1.165) is 11.6 Å². The number of hydrogen-bond acceptors (Lipinski definition) is 3. The van der Waals surface area contributed by atoms with E-state index in [1.165, 1.54) is 0 Å². The summed E-state index contributed by atoms with van der Waals surface area (Å²) in [4.78, 5) is 20.2. The molecule has 0 aromatic carbocycles. The number of aromatic nitrogens is 3. The summed E-state index contributed by atoms with van der Waals surface area (Å²) < 4.78 is 1.88. The summed E-state index contributed by atoms with van der Waals surface area (Å²) >= 11 is 3.38. The average molecular weight is 337 g/mol. The summed E-state index contributed by atoms with van der Waals surface area (Å²) in [6.07, 6.45) is 5.22. The van der Waals surface area contributed by atoms with Crippen molar-refractivity contribution in [2.24, 2.45) is 5.92 Å². The van der Waals surface area contributed by atoms with E-state index in [1.807, 2.05) is 43.7 Å². The normalized spacial score (nSPS) is 12.4. The summed E-state index contributed by atoms with van der Waals surface area (Å²) in [5.74, 6) is 1.82. The summed E-state index contributed by atoms with van der Waals surface area (Å²) in [5.41, 5.74) is 0.682. The number of pyridine rings is 1. The molecule has 0 aliphatic rings. The van der Waals surface area contributed by atoms with Crippen molar-refractivity contribution >= 4 is 27.5 Å². The van der Waals surface area contributed by atoms with Gasteiger partial charge in [-0.3, -0.25) is 9.36 Å². The molecule has 0 saturated carbocycles. The molecule has 6 heteroatoms. The van der Waals surface area contributed by atoms with Crippen LogP contribution in [0.2, 0.25) is 0 Å². The molecule has 0 aliphatic carbocycles. The molecule has 20 heavy (non-hydrogen) atoms. The monoisotopic (exact) mass is 336 g/mol. The number of halogens is 1. The second-order valence-corrected chi connectivity index (χ2v) is 5.87. The SMILES string of the molecule is Cc1nccn1-c1ccc(NC(=O)C(Br)C(C)C)cn1. The largest absolute Gasteiger partial charge is 0.324 e. The Labute approximate surface area is 126 Å². The van der Waals surface area contributed by atoms with Crippen LogP contribution >= 0.6 is 15.9 Å². The molecule has 5 nitrogen and oxygen atoms in total. The average Bonchev–Trinajstić information content (AvgIpc) is 2.85. The van der Waals surface area contributed by atoms with Crippen molar-refractivity contribution < 1.29 is 4.79 Å². The van der Waals surface area contributed by atoms with Crippen molar-refractivity contribution in [2.45, 2.75) is 25.6 Å². The smallest absolute Gasteiger partial charge is 0.238 e. The molecule has 0 radical (unpaired) electrons. The lowest BCUT2D eigenvalue weighted by Crippen LogP contribution is -2.27. The number of carbonyl (C=O) groups excluding carboxylic acids is 1. The van der Waals surface area contributed by atoms with Gasteiger partial charge in [0.1, 0.15) is 11.6 Å². The Morgan fingerprint density at radius 3 is 2.60 bits per heavy atom. The van der Waals surface area contributed by atoms with E-state index in [9.17, 15) is 4.79 Å². The van der Waals surface area contributed by atoms with Crippen molar-refractivity contribution in [3.05, 3.63) is 36.5 Å². The maximum Gasteiger partial charge on any atom is 0.238 e. The molecule has 2 aromatic rings. The number of carbonyl (C=O) groups is 1. The van der Waals surface area contributed by atoms with E-state index >= 15 is 0 Å². The minimum absolute atomic E-state index is 0.0617. The quantitative estimate of drug-likeness (QED) is 0.873. The van der Waals surface area contributed by atoms with Crippen LogP contribution in [0, 0.1) is 12.8 Å². The predicted molar refractivity (Wildman–Crippen MR) is 82.3 cm³/mol. The fourth-order valence-electron chi connectivity index (χ4n) is 1.74. The first-order valence-corrected chi connectivity index (χ1v) is 7.32. The van der Waals surface area contributed by atoms with Crippen LogP contribution in [0.4, 0.5) is 5.69 Å². The molecule has 106 valence electrons. The van der Waals surface area contributed by atoms with Crippen LogP contribution in [0.5, 0.6) is 0 Å². The maximum atomic E-state index is 11.9. The summed E-state index contributed by atoms with van der Waals surface area (Å²) in [5, 5.41) is 2.84. The number of amides is 1.